The second-order valence-electron chi connectivity index (χ2n) is 10.4. The number of imidazole rings is 1. The largest absolute Gasteiger partial charge is 0.324 e. The number of rotatable bonds is 8. The van der Waals surface area contributed by atoms with Gasteiger partial charge in [0.1, 0.15) is 12.0 Å². The Morgan fingerprint density at radius 2 is 2.00 bits per heavy atom. The standard InChI is InChI=1S/C29H28N8O2S/c38-25(19-3-4-19)24-12-21-14-33-28(34-22-7-5-18(6-8-22)20-2-1-9-30-13-20)35-26(21)36(27(24)39)16-23-15-31-17-37(23)29-32-10-11-40-29/h5-8,10-12,14-15,17,19-20,30H,1-4,9,13,16H2,(H,33,34,35). The first-order valence-corrected chi connectivity index (χ1v) is 14.5. The quantitative estimate of drug-likeness (QED) is 0.274. The van der Waals surface area contributed by atoms with E-state index in [1.165, 1.54) is 29.7 Å². The normalized spacial score (nSPS) is 17.2. The molecule has 1 aliphatic heterocycles. The van der Waals surface area contributed by atoms with Crippen LogP contribution < -0.4 is 16.2 Å². The van der Waals surface area contributed by atoms with Crippen molar-refractivity contribution in [3.63, 3.8) is 0 Å². The van der Waals surface area contributed by atoms with Gasteiger partial charge in [-0.05, 0) is 61.9 Å². The van der Waals surface area contributed by atoms with Gasteiger partial charge in [-0.2, -0.15) is 4.98 Å². The Morgan fingerprint density at radius 3 is 2.75 bits per heavy atom. The van der Waals surface area contributed by atoms with Gasteiger partial charge in [0.15, 0.2) is 10.9 Å². The Bertz CT molecular complexity index is 1730. The second-order valence-corrected chi connectivity index (χ2v) is 11.3. The van der Waals surface area contributed by atoms with E-state index in [0.29, 0.717) is 22.9 Å². The number of anilines is 2. The second kappa shape index (κ2) is 10.4. The number of pyridine rings is 1. The van der Waals surface area contributed by atoms with Crippen molar-refractivity contribution in [2.75, 3.05) is 18.4 Å². The number of nitrogens with zero attached hydrogens (tertiary/aromatic N) is 6. The number of benzene rings is 1. The van der Waals surface area contributed by atoms with Crippen LogP contribution in [0.3, 0.4) is 0 Å². The zero-order chi connectivity index (χ0) is 27.1. The molecule has 0 radical (unpaired) electrons. The van der Waals surface area contributed by atoms with Crippen molar-refractivity contribution in [1.29, 1.82) is 0 Å². The molecule has 1 aliphatic carbocycles. The SMILES string of the molecule is O=C(c1cc2cnc(Nc3ccc(C4CCCNC4)cc3)nc2n(Cc2cncn2-c2nccs2)c1=O)C1CC1. The molecule has 2 aliphatic rings. The molecule has 1 unspecified atom stereocenters. The number of fused-ring (bicyclic) bond motifs is 1. The number of carbonyl (C=O) groups is 1. The van der Waals surface area contributed by atoms with Gasteiger partial charge >= 0.3 is 0 Å². The molecule has 0 amide bonds. The molecule has 0 spiro atoms. The van der Waals surface area contributed by atoms with E-state index < -0.39 is 0 Å². The first kappa shape index (κ1) is 24.8. The van der Waals surface area contributed by atoms with Crippen LogP contribution in [0.25, 0.3) is 16.2 Å². The number of piperidine rings is 1. The molecule has 0 bridgehead atoms. The van der Waals surface area contributed by atoms with E-state index in [0.717, 1.165) is 42.4 Å². The van der Waals surface area contributed by atoms with Crippen LogP contribution in [0.4, 0.5) is 11.6 Å². The summed E-state index contributed by atoms with van der Waals surface area (Å²) in [6.07, 6.45) is 10.8. The number of hydrogen-bond donors (Lipinski definition) is 2. The lowest BCUT2D eigenvalue weighted by molar-refractivity contribution is 0.0966. The fraction of sp³-hybridized carbons (Fsp3) is 0.310. The Hall–Kier alpha value is -4.22. The highest BCUT2D eigenvalue weighted by Crippen LogP contribution is 2.32. The number of aromatic nitrogens is 6. The van der Waals surface area contributed by atoms with Gasteiger partial charge in [0, 0.05) is 41.3 Å². The number of Topliss-reactive ketones (excluding diaryl/α,β-unsaturated/α-hetero) is 1. The first-order valence-electron chi connectivity index (χ1n) is 13.6. The average Bonchev–Trinajstić information content (AvgIpc) is 3.49. The van der Waals surface area contributed by atoms with E-state index in [9.17, 15) is 9.59 Å². The van der Waals surface area contributed by atoms with E-state index in [2.05, 4.69) is 37.7 Å². The van der Waals surface area contributed by atoms with E-state index in [4.69, 9.17) is 4.98 Å². The van der Waals surface area contributed by atoms with Crippen molar-refractivity contribution in [1.82, 2.24) is 34.4 Å². The number of nitrogens with one attached hydrogen (secondary N) is 2. The third kappa shape index (κ3) is 4.82. The van der Waals surface area contributed by atoms with Crippen molar-refractivity contribution in [2.24, 2.45) is 5.92 Å². The van der Waals surface area contributed by atoms with E-state index in [-0.39, 0.29) is 29.4 Å². The summed E-state index contributed by atoms with van der Waals surface area (Å²) in [6, 6.07) is 10.0. The number of thiazole rings is 1. The summed E-state index contributed by atoms with van der Waals surface area (Å²) in [5.41, 5.74) is 3.22. The van der Waals surface area contributed by atoms with Crippen molar-refractivity contribution in [2.45, 2.75) is 38.1 Å². The Morgan fingerprint density at radius 1 is 1.12 bits per heavy atom. The summed E-state index contributed by atoms with van der Waals surface area (Å²) in [6.45, 7) is 2.27. The van der Waals surface area contributed by atoms with Crippen LogP contribution >= 0.6 is 11.3 Å². The molecule has 5 heterocycles. The van der Waals surface area contributed by atoms with Crippen molar-refractivity contribution in [3.8, 4) is 5.13 Å². The zero-order valence-electron chi connectivity index (χ0n) is 21.8. The Labute approximate surface area is 234 Å². The predicted octanol–water partition coefficient (Wildman–Crippen LogP) is 4.29. The predicted molar refractivity (Wildman–Crippen MR) is 154 cm³/mol. The minimum absolute atomic E-state index is 0.0753. The van der Waals surface area contributed by atoms with Gasteiger partial charge in [0.05, 0.1) is 24.0 Å². The van der Waals surface area contributed by atoms with Crippen LogP contribution in [0, 0.1) is 5.92 Å². The molecule has 1 saturated heterocycles. The molecule has 1 saturated carbocycles. The summed E-state index contributed by atoms with van der Waals surface area (Å²) in [7, 11) is 0. The maximum atomic E-state index is 13.8. The third-order valence-corrected chi connectivity index (χ3v) is 8.41. The molecular weight excluding hydrogens is 524 g/mol. The van der Waals surface area contributed by atoms with Gasteiger partial charge in [-0.25, -0.2) is 15.0 Å². The molecule has 202 valence electrons. The van der Waals surface area contributed by atoms with Crippen LogP contribution in [-0.4, -0.2) is 47.9 Å². The maximum Gasteiger partial charge on any atom is 0.263 e. The van der Waals surface area contributed by atoms with Crippen LogP contribution in [0.5, 0.6) is 0 Å². The highest BCUT2D eigenvalue weighted by atomic mass is 32.1. The molecule has 4 aromatic heterocycles. The molecule has 11 heteroatoms. The number of ketones is 1. The first-order chi connectivity index (χ1) is 19.6. The lowest BCUT2D eigenvalue weighted by atomic mass is 9.92. The van der Waals surface area contributed by atoms with Gasteiger partial charge in [0.2, 0.25) is 5.95 Å². The Balaban J connectivity index is 1.25. The molecular formula is C29H28N8O2S. The fourth-order valence-electron chi connectivity index (χ4n) is 5.32. The van der Waals surface area contributed by atoms with Crippen LogP contribution in [0.1, 0.15) is 53.2 Å². The Kier molecular flexibility index (Phi) is 6.45. The van der Waals surface area contributed by atoms with Gasteiger partial charge in [0.25, 0.3) is 5.56 Å². The summed E-state index contributed by atoms with van der Waals surface area (Å²) >= 11 is 1.48. The van der Waals surface area contributed by atoms with E-state index >= 15 is 0 Å². The molecule has 1 atom stereocenters. The zero-order valence-corrected chi connectivity index (χ0v) is 22.6. The van der Waals surface area contributed by atoms with Gasteiger partial charge < -0.3 is 10.6 Å². The van der Waals surface area contributed by atoms with Gasteiger partial charge in [-0.3, -0.25) is 18.7 Å². The smallest absolute Gasteiger partial charge is 0.263 e. The van der Waals surface area contributed by atoms with Crippen molar-refractivity contribution >= 4 is 39.8 Å². The fourth-order valence-corrected chi connectivity index (χ4v) is 5.96. The summed E-state index contributed by atoms with van der Waals surface area (Å²) in [5, 5.41) is 10.0. The molecule has 5 aromatic rings. The minimum Gasteiger partial charge on any atom is -0.324 e. The van der Waals surface area contributed by atoms with Gasteiger partial charge in [-0.15, -0.1) is 11.3 Å². The van der Waals surface area contributed by atoms with Crippen molar-refractivity contribution in [3.05, 3.63) is 87.8 Å². The molecule has 40 heavy (non-hydrogen) atoms. The third-order valence-electron chi connectivity index (χ3n) is 7.64. The monoisotopic (exact) mass is 552 g/mol. The van der Waals surface area contributed by atoms with Crippen molar-refractivity contribution < 1.29 is 4.79 Å². The highest BCUT2D eigenvalue weighted by Gasteiger charge is 2.33. The van der Waals surface area contributed by atoms with Crippen LogP contribution in [0.2, 0.25) is 0 Å². The minimum atomic E-state index is -0.355. The van der Waals surface area contributed by atoms with Gasteiger partial charge in [-0.1, -0.05) is 12.1 Å². The van der Waals surface area contributed by atoms with Crippen LogP contribution in [-0.2, 0) is 6.54 Å². The average molecular weight is 553 g/mol. The topological polar surface area (TPSA) is 120 Å². The summed E-state index contributed by atoms with van der Waals surface area (Å²) < 4.78 is 3.40. The molecule has 2 fully saturated rings. The maximum absolute atomic E-state index is 13.8. The molecule has 1 aromatic carbocycles. The molecule has 7 rings (SSSR count). The number of carbonyl (C=O) groups excluding carboxylic acids is 1. The highest BCUT2D eigenvalue weighted by molar-refractivity contribution is 7.12. The summed E-state index contributed by atoms with van der Waals surface area (Å²) in [5.74, 6) is 0.722. The van der Waals surface area contributed by atoms with E-state index in [1.54, 1.807) is 35.6 Å². The molecule has 2 N–H and O–H groups in total. The summed E-state index contributed by atoms with van der Waals surface area (Å²) in [4.78, 5) is 44.7. The lowest BCUT2D eigenvalue weighted by Crippen LogP contribution is -2.29. The number of hydrogen-bond acceptors (Lipinski definition) is 9. The molecule has 10 nitrogen and oxygen atoms in total. The van der Waals surface area contributed by atoms with E-state index in [1.807, 2.05) is 22.1 Å². The lowest BCUT2D eigenvalue weighted by Gasteiger charge is -2.23. The van der Waals surface area contributed by atoms with Crippen LogP contribution in [0.15, 0.2) is 65.4 Å².